The molecule has 1 atom stereocenters. The number of rotatable bonds is 3. The molecule has 94 valence electrons. The lowest BCUT2D eigenvalue weighted by Gasteiger charge is -2.55. The predicted molar refractivity (Wildman–Crippen MR) is 65.8 cm³/mol. The molecule has 0 saturated heterocycles. The molecule has 0 heterocycles. The Hall–Kier alpha value is -0.640. The van der Waals surface area contributed by atoms with Gasteiger partial charge in [-0.1, -0.05) is 0 Å². The Kier molecular flexibility index (Phi) is 2.65. The predicted octanol–water partition coefficient (Wildman–Crippen LogP) is 2.30. The Morgan fingerprint density at radius 3 is 2.00 bits per heavy atom. The van der Waals surface area contributed by atoms with Gasteiger partial charge in [-0.2, -0.15) is 0 Å². The molecule has 4 saturated carbocycles. The zero-order chi connectivity index (χ0) is 12.0. The second-order valence-corrected chi connectivity index (χ2v) is 7.77. The van der Waals surface area contributed by atoms with Crippen LogP contribution in [-0.4, -0.2) is 20.0 Å². The van der Waals surface area contributed by atoms with Crippen molar-refractivity contribution in [1.82, 2.24) is 0 Å². The second-order valence-electron chi connectivity index (χ2n) is 6.04. The molecule has 3 nitrogen and oxygen atoms in total. The van der Waals surface area contributed by atoms with Crippen LogP contribution < -0.4 is 0 Å². The van der Waals surface area contributed by atoms with Gasteiger partial charge in [-0.3, -0.25) is 4.21 Å². The van der Waals surface area contributed by atoms with Crippen LogP contribution in [-0.2, 0) is 15.6 Å². The van der Waals surface area contributed by atoms with Crippen molar-refractivity contribution < 1.29 is 14.1 Å². The molecule has 0 amide bonds. The van der Waals surface area contributed by atoms with Crippen LogP contribution >= 0.6 is 0 Å². The number of aliphatic carboxylic acids is 1. The van der Waals surface area contributed by atoms with E-state index in [2.05, 4.69) is 0 Å². The topological polar surface area (TPSA) is 54.4 Å². The molecule has 4 bridgehead atoms. The highest BCUT2D eigenvalue weighted by Gasteiger charge is 2.53. The summed E-state index contributed by atoms with van der Waals surface area (Å²) in [7, 11) is -1.11. The Bertz CT molecular complexity index is 364. The Labute approximate surface area is 104 Å². The van der Waals surface area contributed by atoms with E-state index < -0.39 is 16.8 Å². The molecule has 4 aliphatic carbocycles. The highest BCUT2D eigenvalue weighted by Crippen LogP contribution is 2.58. The van der Waals surface area contributed by atoms with Gasteiger partial charge in [0.25, 0.3) is 0 Å². The Morgan fingerprint density at radius 1 is 1.12 bits per heavy atom. The van der Waals surface area contributed by atoms with Crippen molar-refractivity contribution in [2.75, 3.05) is 0 Å². The van der Waals surface area contributed by atoms with Crippen LogP contribution in [0.25, 0.3) is 0 Å². The van der Waals surface area contributed by atoms with Gasteiger partial charge >= 0.3 is 5.97 Å². The first-order valence-corrected chi connectivity index (χ1v) is 7.60. The van der Waals surface area contributed by atoms with Crippen LogP contribution in [0.2, 0.25) is 0 Å². The quantitative estimate of drug-likeness (QED) is 0.786. The fourth-order valence-corrected chi connectivity index (χ4v) is 6.27. The summed E-state index contributed by atoms with van der Waals surface area (Å²) in [6.07, 6.45) is 8.16. The zero-order valence-electron chi connectivity index (χ0n) is 9.80. The Morgan fingerprint density at radius 2 is 1.59 bits per heavy atom. The maximum Gasteiger partial charge on any atom is 0.328 e. The molecule has 4 rings (SSSR count). The van der Waals surface area contributed by atoms with Crippen molar-refractivity contribution in [3.05, 3.63) is 11.5 Å². The number of carboxylic acid groups (broad SMARTS) is 1. The molecule has 0 aromatic heterocycles. The molecule has 4 aliphatic rings. The number of hydrogen-bond donors (Lipinski definition) is 1. The monoisotopic (exact) mass is 254 g/mol. The first-order valence-electron chi connectivity index (χ1n) is 6.39. The van der Waals surface area contributed by atoms with Crippen molar-refractivity contribution in [3.8, 4) is 0 Å². The van der Waals surface area contributed by atoms with Gasteiger partial charge in [0.2, 0.25) is 0 Å². The van der Waals surface area contributed by atoms with Crippen molar-refractivity contribution in [1.29, 1.82) is 0 Å². The average Bonchev–Trinajstić information content (AvgIpc) is 2.23. The van der Waals surface area contributed by atoms with Crippen LogP contribution in [0.4, 0.5) is 0 Å². The lowest BCUT2D eigenvalue weighted by atomic mass is 9.56. The van der Waals surface area contributed by atoms with Gasteiger partial charge in [0.1, 0.15) is 0 Å². The van der Waals surface area contributed by atoms with Crippen LogP contribution in [0.3, 0.4) is 0 Å². The average molecular weight is 254 g/mol. The maximum atomic E-state index is 12.4. The number of carboxylic acids is 1. The lowest BCUT2D eigenvalue weighted by molar-refractivity contribution is -0.131. The first-order chi connectivity index (χ1) is 8.07. The minimum absolute atomic E-state index is 0.0826. The first kappa shape index (κ1) is 11.5. The SMILES string of the molecule is O=C(O)/C=C\S(=O)C12CC3CC(CC(C3)C1)C2. The fraction of sp³-hybridized carbons (Fsp3) is 0.769. The maximum absolute atomic E-state index is 12.4. The van der Waals surface area contributed by atoms with Crippen molar-refractivity contribution in [2.24, 2.45) is 17.8 Å². The van der Waals surface area contributed by atoms with Gasteiger partial charge in [0.15, 0.2) is 0 Å². The fourth-order valence-electron chi connectivity index (χ4n) is 4.54. The van der Waals surface area contributed by atoms with E-state index in [-0.39, 0.29) is 4.75 Å². The van der Waals surface area contributed by atoms with Crippen LogP contribution in [0.15, 0.2) is 11.5 Å². The summed E-state index contributed by atoms with van der Waals surface area (Å²) < 4.78 is 12.3. The standard InChI is InChI=1S/C13H18O3S/c14-12(15)1-2-17(16)13-6-9-3-10(7-13)5-11(4-9)8-13/h1-2,9-11H,3-8H2,(H,14,15)/b2-1-. The Balaban J connectivity index is 1.82. The third-order valence-electron chi connectivity index (χ3n) is 4.74. The van der Waals surface area contributed by atoms with E-state index in [1.165, 1.54) is 24.7 Å². The number of hydrogen-bond acceptors (Lipinski definition) is 2. The third kappa shape index (κ3) is 1.96. The summed E-state index contributed by atoms with van der Waals surface area (Å²) in [5.41, 5.74) is 0. The molecule has 1 N–H and O–H groups in total. The van der Waals surface area contributed by atoms with E-state index in [1.807, 2.05) is 0 Å². The minimum atomic E-state index is -1.11. The minimum Gasteiger partial charge on any atom is -0.478 e. The van der Waals surface area contributed by atoms with E-state index in [0.717, 1.165) is 43.1 Å². The van der Waals surface area contributed by atoms with E-state index in [9.17, 15) is 9.00 Å². The van der Waals surface area contributed by atoms with Gasteiger partial charge in [-0.25, -0.2) is 4.79 Å². The van der Waals surface area contributed by atoms with E-state index in [4.69, 9.17) is 5.11 Å². The molecule has 0 aliphatic heterocycles. The highest BCUT2D eigenvalue weighted by molar-refractivity contribution is 7.89. The van der Waals surface area contributed by atoms with Gasteiger partial charge in [-0.05, 0) is 56.3 Å². The second kappa shape index (κ2) is 3.94. The third-order valence-corrected chi connectivity index (χ3v) is 6.48. The van der Waals surface area contributed by atoms with Gasteiger partial charge in [0.05, 0.1) is 15.5 Å². The summed E-state index contributed by atoms with van der Waals surface area (Å²) in [6, 6.07) is 0. The lowest BCUT2D eigenvalue weighted by Crippen LogP contribution is -2.52. The summed E-state index contributed by atoms with van der Waals surface area (Å²) in [6.45, 7) is 0. The van der Waals surface area contributed by atoms with Crippen molar-refractivity contribution >= 4 is 16.8 Å². The zero-order valence-corrected chi connectivity index (χ0v) is 10.6. The molecule has 4 fully saturated rings. The molecular weight excluding hydrogens is 236 g/mol. The van der Waals surface area contributed by atoms with Crippen LogP contribution in [0, 0.1) is 17.8 Å². The van der Waals surface area contributed by atoms with E-state index in [0.29, 0.717) is 0 Å². The molecule has 0 spiro atoms. The van der Waals surface area contributed by atoms with Crippen molar-refractivity contribution in [2.45, 2.75) is 43.3 Å². The van der Waals surface area contributed by atoms with E-state index in [1.54, 1.807) is 0 Å². The largest absolute Gasteiger partial charge is 0.478 e. The molecule has 0 aromatic carbocycles. The molecule has 0 aromatic rings. The van der Waals surface area contributed by atoms with E-state index >= 15 is 0 Å². The van der Waals surface area contributed by atoms with Crippen molar-refractivity contribution in [3.63, 3.8) is 0 Å². The number of carbonyl (C=O) groups is 1. The molecule has 1 unspecified atom stereocenters. The van der Waals surface area contributed by atoms with Gasteiger partial charge in [0, 0.05) is 11.5 Å². The molecule has 0 radical (unpaired) electrons. The summed E-state index contributed by atoms with van der Waals surface area (Å²) in [5, 5.41) is 10.0. The summed E-state index contributed by atoms with van der Waals surface area (Å²) in [4.78, 5) is 10.5. The molecular formula is C13H18O3S. The highest BCUT2D eigenvalue weighted by atomic mass is 32.2. The molecule has 4 heteroatoms. The van der Waals surface area contributed by atoms with Gasteiger partial charge in [-0.15, -0.1) is 0 Å². The normalized spacial score (nSPS) is 45.3. The summed E-state index contributed by atoms with van der Waals surface area (Å²) >= 11 is 0. The smallest absolute Gasteiger partial charge is 0.328 e. The molecule has 17 heavy (non-hydrogen) atoms. The van der Waals surface area contributed by atoms with Crippen LogP contribution in [0.5, 0.6) is 0 Å². The van der Waals surface area contributed by atoms with Gasteiger partial charge < -0.3 is 5.11 Å². The van der Waals surface area contributed by atoms with Crippen LogP contribution in [0.1, 0.15) is 38.5 Å². The summed E-state index contributed by atoms with van der Waals surface area (Å²) in [5.74, 6) is 1.26.